The zero-order valence-electron chi connectivity index (χ0n) is 19.5. The summed E-state index contributed by atoms with van der Waals surface area (Å²) < 4.78 is 0. The Morgan fingerprint density at radius 1 is 0.743 bits per heavy atom. The van der Waals surface area contributed by atoms with E-state index in [-0.39, 0.29) is 12.1 Å². The highest BCUT2D eigenvalue weighted by Crippen LogP contribution is 2.33. The number of aliphatic hydroxyl groups excluding tert-OH is 1. The molecule has 2 N–H and O–H groups in total. The van der Waals surface area contributed by atoms with Crippen LogP contribution >= 0.6 is 0 Å². The van der Waals surface area contributed by atoms with Crippen molar-refractivity contribution in [3.05, 3.63) is 149 Å². The molecule has 0 saturated carbocycles. The average Bonchev–Trinajstić information content (AvgIpc) is 3.25. The first kappa shape index (κ1) is 23.0. The van der Waals surface area contributed by atoms with Crippen LogP contribution in [-0.2, 0) is 17.8 Å². The normalized spacial score (nSPS) is 18.7. The van der Waals surface area contributed by atoms with Gasteiger partial charge >= 0.3 is 0 Å². The third-order valence-corrected chi connectivity index (χ3v) is 6.56. The van der Waals surface area contributed by atoms with Gasteiger partial charge in [-0.25, -0.2) is 0 Å². The number of hydrogen-bond donors (Lipinski definition) is 2. The Labute approximate surface area is 206 Å². The zero-order chi connectivity index (χ0) is 24.0. The van der Waals surface area contributed by atoms with Crippen molar-refractivity contribution in [2.45, 2.75) is 31.3 Å². The molecule has 0 spiro atoms. The molecule has 1 aliphatic rings. The topological polar surface area (TPSA) is 52.6 Å². The zero-order valence-corrected chi connectivity index (χ0v) is 19.5. The Bertz CT molecular complexity index is 1220. The van der Waals surface area contributed by atoms with Gasteiger partial charge in [0.2, 0.25) is 5.91 Å². The van der Waals surface area contributed by atoms with Crippen molar-refractivity contribution in [2.24, 2.45) is 0 Å². The van der Waals surface area contributed by atoms with Crippen molar-refractivity contribution >= 4 is 5.91 Å². The summed E-state index contributed by atoms with van der Waals surface area (Å²) in [6.07, 6.45) is -0.735. The van der Waals surface area contributed by atoms with E-state index < -0.39 is 12.1 Å². The van der Waals surface area contributed by atoms with Crippen LogP contribution < -0.4 is 5.32 Å². The number of amides is 1. The predicted molar refractivity (Wildman–Crippen MR) is 138 cm³/mol. The molecule has 1 fully saturated rings. The summed E-state index contributed by atoms with van der Waals surface area (Å²) in [6, 6.07) is 39.1. The average molecular weight is 462 g/mol. The van der Waals surface area contributed by atoms with Gasteiger partial charge in [0.1, 0.15) is 12.2 Å². The van der Waals surface area contributed by atoms with Crippen molar-refractivity contribution in [1.82, 2.24) is 10.2 Å². The molecular weight excluding hydrogens is 432 g/mol. The molecule has 1 radical (unpaired) electrons. The summed E-state index contributed by atoms with van der Waals surface area (Å²) in [5.74, 6) is 0.729. The van der Waals surface area contributed by atoms with Gasteiger partial charge in [0.05, 0.1) is 6.10 Å². The van der Waals surface area contributed by atoms with Crippen molar-refractivity contribution in [1.29, 1.82) is 0 Å². The summed E-state index contributed by atoms with van der Waals surface area (Å²) >= 11 is 0. The SMILES string of the molecule is O=C1[C@H]([C@H](O)[C](Cc2ccccc2)c2ccccc2)NC(c2ccccc2)N1Cc1ccccc1. The number of aliphatic hydroxyl groups is 1. The molecule has 4 aromatic rings. The first-order chi connectivity index (χ1) is 17.2. The highest BCUT2D eigenvalue weighted by atomic mass is 16.3. The molecule has 1 aliphatic heterocycles. The molecule has 0 aromatic heterocycles. The van der Waals surface area contributed by atoms with Crippen LogP contribution in [0.15, 0.2) is 121 Å². The second kappa shape index (κ2) is 10.7. The van der Waals surface area contributed by atoms with Crippen LogP contribution in [0.5, 0.6) is 0 Å². The number of benzene rings is 4. The summed E-state index contributed by atoms with van der Waals surface area (Å²) in [5.41, 5.74) is 4.08. The lowest BCUT2D eigenvalue weighted by Gasteiger charge is -2.27. The Morgan fingerprint density at radius 3 is 1.86 bits per heavy atom. The van der Waals surface area contributed by atoms with Gasteiger partial charge in [-0.05, 0) is 28.7 Å². The highest BCUT2D eigenvalue weighted by Gasteiger charge is 2.45. The lowest BCUT2D eigenvalue weighted by molar-refractivity contribution is -0.132. The Balaban J connectivity index is 1.47. The predicted octanol–water partition coefficient (Wildman–Crippen LogP) is 4.91. The monoisotopic (exact) mass is 461 g/mol. The van der Waals surface area contributed by atoms with Crippen LogP contribution in [0.25, 0.3) is 0 Å². The van der Waals surface area contributed by atoms with Gasteiger partial charge in [-0.2, -0.15) is 0 Å². The Kier molecular flexibility index (Phi) is 7.03. The van der Waals surface area contributed by atoms with Gasteiger partial charge in [-0.15, -0.1) is 0 Å². The van der Waals surface area contributed by atoms with Gasteiger partial charge < -0.3 is 10.0 Å². The number of rotatable bonds is 8. The fourth-order valence-corrected chi connectivity index (χ4v) is 4.77. The number of nitrogens with one attached hydrogen (secondary N) is 1. The van der Waals surface area contributed by atoms with Gasteiger partial charge in [0.15, 0.2) is 0 Å². The van der Waals surface area contributed by atoms with E-state index in [0.29, 0.717) is 13.0 Å². The van der Waals surface area contributed by atoms with Crippen molar-refractivity contribution in [2.75, 3.05) is 0 Å². The van der Waals surface area contributed by atoms with Crippen LogP contribution in [0.3, 0.4) is 0 Å². The molecule has 4 nitrogen and oxygen atoms in total. The quantitative estimate of drug-likeness (QED) is 0.392. The minimum Gasteiger partial charge on any atom is -0.390 e. The molecule has 0 bridgehead atoms. The summed E-state index contributed by atoms with van der Waals surface area (Å²) in [4.78, 5) is 15.7. The molecule has 3 atom stereocenters. The van der Waals surface area contributed by atoms with Gasteiger partial charge in [0, 0.05) is 12.5 Å². The van der Waals surface area contributed by atoms with Crippen LogP contribution in [0, 0.1) is 5.92 Å². The van der Waals surface area contributed by atoms with Gasteiger partial charge in [-0.3, -0.25) is 10.1 Å². The molecule has 1 amide bonds. The van der Waals surface area contributed by atoms with Crippen LogP contribution in [0.2, 0.25) is 0 Å². The maximum absolute atomic E-state index is 13.8. The molecule has 1 heterocycles. The molecule has 0 aliphatic carbocycles. The third kappa shape index (κ3) is 5.19. The van der Waals surface area contributed by atoms with Crippen molar-refractivity contribution in [3.63, 3.8) is 0 Å². The summed E-state index contributed by atoms with van der Waals surface area (Å²) in [6.45, 7) is 0.467. The molecular formula is C31H29N2O2. The summed E-state index contributed by atoms with van der Waals surface area (Å²) in [5, 5.41) is 15.2. The number of carbonyl (C=O) groups excluding carboxylic acids is 1. The van der Waals surface area contributed by atoms with E-state index in [4.69, 9.17) is 0 Å². The fraction of sp³-hybridized carbons (Fsp3) is 0.161. The van der Waals surface area contributed by atoms with Crippen molar-refractivity contribution < 1.29 is 9.90 Å². The number of carbonyl (C=O) groups is 1. The molecule has 35 heavy (non-hydrogen) atoms. The van der Waals surface area contributed by atoms with E-state index in [1.165, 1.54) is 0 Å². The maximum Gasteiger partial charge on any atom is 0.244 e. The number of nitrogens with zero attached hydrogens (tertiary/aromatic N) is 1. The van der Waals surface area contributed by atoms with E-state index >= 15 is 0 Å². The first-order valence-electron chi connectivity index (χ1n) is 12.0. The van der Waals surface area contributed by atoms with E-state index in [0.717, 1.165) is 28.2 Å². The Hall–Kier alpha value is -3.73. The minimum atomic E-state index is -0.975. The van der Waals surface area contributed by atoms with E-state index in [1.807, 2.05) is 126 Å². The summed E-state index contributed by atoms with van der Waals surface area (Å²) in [7, 11) is 0. The fourth-order valence-electron chi connectivity index (χ4n) is 4.77. The number of hydrogen-bond acceptors (Lipinski definition) is 3. The highest BCUT2D eigenvalue weighted by molar-refractivity contribution is 5.86. The van der Waals surface area contributed by atoms with E-state index in [2.05, 4.69) is 5.32 Å². The van der Waals surface area contributed by atoms with Gasteiger partial charge in [0.25, 0.3) is 0 Å². The molecule has 4 aromatic carbocycles. The Morgan fingerprint density at radius 2 is 1.26 bits per heavy atom. The molecule has 5 rings (SSSR count). The third-order valence-electron chi connectivity index (χ3n) is 6.56. The second-order valence-corrected chi connectivity index (χ2v) is 8.91. The van der Waals surface area contributed by atoms with Crippen LogP contribution in [0.4, 0.5) is 0 Å². The second-order valence-electron chi connectivity index (χ2n) is 8.91. The molecule has 4 heteroatoms. The standard InChI is InChI=1S/C31H29N2O2/c34-29(27(25-17-9-3-10-18-25)21-23-13-5-1-6-14-23)28-31(35)33(22-24-15-7-2-8-16-24)30(32-28)26-19-11-4-12-20-26/h1-20,28-30,32,34H,21-22H2/t28-,29+,30?/m0/s1. The molecule has 175 valence electrons. The van der Waals surface area contributed by atoms with E-state index in [9.17, 15) is 9.90 Å². The van der Waals surface area contributed by atoms with Crippen LogP contribution in [0.1, 0.15) is 28.4 Å². The smallest absolute Gasteiger partial charge is 0.244 e. The molecule has 1 unspecified atom stereocenters. The van der Waals surface area contributed by atoms with Crippen molar-refractivity contribution in [3.8, 4) is 0 Å². The largest absolute Gasteiger partial charge is 0.390 e. The van der Waals surface area contributed by atoms with E-state index in [1.54, 1.807) is 0 Å². The first-order valence-corrected chi connectivity index (χ1v) is 12.0. The maximum atomic E-state index is 13.8. The lowest BCUT2D eigenvalue weighted by Crippen LogP contribution is -2.45. The lowest BCUT2D eigenvalue weighted by atomic mass is 9.84. The minimum absolute atomic E-state index is 0.100. The molecule has 1 saturated heterocycles. The van der Waals surface area contributed by atoms with Gasteiger partial charge in [-0.1, -0.05) is 121 Å². The van der Waals surface area contributed by atoms with Crippen LogP contribution in [-0.4, -0.2) is 28.1 Å².